The lowest BCUT2D eigenvalue weighted by molar-refractivity contribution is 0.0996. The minimum absolute atomic E-state index is 0.0350. The molecule has 0 saturated heterocycles. The highest BCUT2D eigenvalue weighted by atomic mass is 35.5. The van der Waals surface area contributed by atoms with Crippen LogP contribution in [-0.4, -0.2) is 5.78 Å². The maximum atomic E-state index is 11.9. The fourth-order valence-electron chi connectivity index (χ4n) is 1.66. The van der Waals surface area contributed by atoms with Crippen LogP contribution in [0.3, 0.4) is 0 Å². The molecule has 1 nitrogen and oxygen atoms in total. The van der Waals surface area contributed by atoms with Crippen LogP contribution < -0.4 is 0 Å². The zero-order valence-corrected chi connectivity index (χ0v) is 10.6. The van der Waals surface area contributed by atoms with Crippen LogP contribution in [0.25, 0.3) is 6.08 Å². The summed E-state index contributed by atoms with van der Waals surface area (Å²) < 4.78 is 0. The number of Topliss-reactive ketones (excluding diaryl/α,β-unsaturated/α-hetero) is 1. The van der Waals surface area contributed by atoms with Gasteiger partial charge in [0.05, 0.1) is 5.02 Å². The van der Waals surface area contributed by atoms with Crippen LogP contribution in [-0.2, 0) is 0 Å². The van der Waals surface area contributed by atoms with E-state index in [1.807, 2.05) is 54.6 Å². The first kappa shape index (κ1) is 12.6. The summed E-state index contributed by atoms with van der Waals surface area (Å²) in [7, 11) is 0. The number of ketones is 1. The fourth-order valence-corrected chi connectivity index (χ4v) is 1.90. The molecular formula is C16H13ClO. The van der Waals surface area contributed by atoms with Crippen molar-refractivity contribution >= 4 is 23.5 Å². The molecule has 0 bridgehead atoms. The second-order valence-electron chi connectivity index (χ2n) is 3.92. The molecule has 0 radical (unpaired) electrons. The lowest BCUT2D eigenvalue weighted by atomic mass is 10.1. The van der Waals surface area contributed by atoms with Gasteiger partial charge in [-0.25, -0.2) is 0 Å². The average Bonchev–Trinajstić information content (AvgIpc) is 2.40. The zero-order chi connectivity index (χ0) is 12.8. The Balaban J connectivity index is 2.01. The van der Waals surface area contributed by atoms with Crippen molar-refractivity contribution in [1.82, 2.24) is 0 Å². The normalized spacial score (nSPS) is 10.7. The van der Waals surface area contributed by atoms with Crippen molar-refractivity contribution in [3.05, 3.63) is 76.8 Å². The van der Waals surface area contributed by atoms with Gasteiger partial charge in [0.15, 0.2) is 5.78 Å². The van der Waals surface area contributed by atoms with E-state index in [-0.39, 0.29) is 5.78 Å². The topological polar surface area (TPSA) is 17.1 Å². The predicted octanol–water partition coefficient (Wildman–Crippen LogP) is 4.63. The van der Waals surface area contributed by atoms with Crippen LogP contribution in [0, 0.1) is 0 Å². The van der Waals surface area contributed by atoms with E-state index < -0.39 is 0 Å². The van der Waals surface area contributed by atoms with Crippen molar-refractivity contribution in [3.8, 4) is 0 Å². The van der Waals surface area contributed by atoms with Crippen molar-refractivity contribution in [3.63, 3.8) is 0 Å². The Labute approximate surface area is 112 Å². The number of allylic oxidation sites excluding steroid dienone is 1. The quantitative estimate of drug-likeness (QED) is 0.729. The van der Waals surface area contributed by atoms with E-state index in [9.17, 15) is 4.79 Å². The minimum atomic E-state index is 0.0350. The van der Waals surface area contributed by atoms with Crippen molar-refractivity contribution in [1.29, 1.82) is 0 Å². The molecule has 2 aromatic rings. The highest BCUT2D eigenvalue weighted by Crippen LogP contribution is 2.17. The number of benzene rings is 2. The monoisotopic (exact) mass is 256 g/mol. The maximum Gasteiger partial charge on any atom is 0.168 e. The minimum Gasteiger partial charge on any atom is -0.294 e. The number of hydrogen-bond acceptors (Lipinski definition) is 1. The highest BCUT2D eigenvalue weighted by Gasteiger charge is 2.06. The molecule has 2 aromatic carbocycles. The Morgan fingerprint density at radius 1 is 1.00 bits per heavy atom. The van der Waals surface area contributed by atoms with E-state index in [1.165, 1.54) is 0 Å². The predicted molar refractivity (Wildman–Crippen MR) is 75.9 cm³/mol. The standard InChI is InChI=1S/C16H13ClO/c17-15-11-5-4-10-14(15)16(18)12-6-9-13-7-2-1-3-8-13/h1-11H,12H2/b9-6+. The molecule has 0 spiro atoms. The van der Waals surface area contributed by atoms with E-state index in [2.05, 4.69) is 0 Å². The smallest absolute Gasteiger partial charge is 0.168 e. The van der Waals surface area contributed by atoms with Gasteiger partial charge in [0.2, 0.25) is 0 Å². The van der Waals surface area contributed by atoms with Gasteiger partial charge in [0, 0.05) is 12.0 Å². The Hall–Kier alpha value is -1.86. The second kappa shape index (κ2) is 6.18. The average molecular weight is 257 g/mol. The summed E-state index contributed by atoms with van der Waals surface area (Å²) in [5, 5.41) is 0.510. The van der Waals surface area contributed by atoms with Gasteiger partial charge in [-0.3, -0.25) is 4.79 Å². The van der Waals surface area contributed by atoms with Gasteiger partial charge in [-0.15, -0.1) is 0 Å². The molecular weight excluding hydrogens is 244 g/mol. The Bertz CT molecular complexity index is 558. The second-order valence-corrected chi connectivity index (χ2v) is 4.33. The van der Waals surface area contributed by atoms with Gasteiger partial charge in [-0.1, -0.05) is 66.2 Å². The summed E-state index contributed by atoms with van der Waals surface area (Å²) in [6.07, 6.45) is 4.16. The molecule has 0 amide bonds. The SMILES string of the molecule is O=C(C/C=C/c1ccccc1)c1ccccc1Cl. The molecule has 2 heteroatoms. The molecule has 0 saturated carbocycles. The van der Waals surface area contributed by atoms with Crippen LogP contribution in [0.4, 0.5) is 0 Å². The third kappa shape index (κ3) is 3.31. The number of rotatable bonds is 4. The summed E-state index contributed by atoms with van der Waals surface area (Å²) in [4.78, 5) is 11.9. The van der Waals surface area contributed by atoms with Gasteiger partial charge >= 0.3 is 0 Å². The van der Waals surface area contributed by atoms with Crippen molar-refractivity contribution in [2.24, 2.45) is 0 Å². The van der Waals surface area contributed by atoms with Gasteiger partial charge in [0.25, 0.3) is 0 Å². The first-order chi connectivity index (χ1) is 8.77. The molecule has 0 aromatic heterocycles. The molecule has 90 valence electrons. The van der Waals surface area contributed by atoms with Crippen LogP contribution in [0.5, 0.6) is 0 Å². The van der Waals surface area contributed by atoms with Crippen LogP contribution >= 0.6 is 11.6 Å². The Morgan fingerprint density at radius 2 is 1.67 bits per heavy atom. The lowest BCUT2D eigenvalue weighted by Gasteiger charge is -2.00. The summed E-state index contributed by atoms with van der Waals surface area (Å²) in [5.41, 5.74) is 1.67. The molecule has 0 aliphatic heterocycles. The van der Waals surface area contributed by atoms with Crippen LogP contribution in [0.1, 0.15) is 22.3 Å². The van der Waals surface area contributed by atoms with E-state index >= 15 is 0 Å². The van der Waals surface area contributed by atoms with Gasteiger partial charge < -0.3 is 0 Å². The lowest BCUT2D eigenvalue weighted by Crippen LogP contribution is -1.97. The van der Waals surface area contributed by atoms with Crippen LogP contribution in [0.2, 0.25) is 5.02 Å². The van der Waals surface area contributed by atoms with E-state index in [1.54, 1.807) is 12.1 Å². The van der Waals surface area contributed by atoms with Gasteiger partial charge in [0.1, 0.15) is 0 Å². The number of carbonyl (C=O) groups is 1. The fraction of sp³-hybridized carbons (Fsp3) is 0.0625. The molecule has 0 fully saturated rings. The maximum absolute atomic E-state index is 11.9. The number of hydrogen-bond donors (Lipinski definition) is 0. The number of halogens is 1. The number of carbonyl (C=O) groups excluding carboxylic acids is 1. The van der Waals surface area contributed by atoms with Gasteiger partial charge in [-0.05, 0) is 17.7 Å². The molecule has 18 heavy (non-hydrogen) atoms. The molecule has 0 unspecified atom stereocenters. The molecule has 0 atom stereocenters. The highest BCUT2D eigenvalue weighted by molar-refractivity contribution is 6.34. The first-order valence-corrected chi connectivity index (χ1v) is 6.14. The van der Waals surface area contributed by atoms with E-state index in [4.69, 9.17) is 11.6 Å². The summed E-state index contributed by atoms with van der Waals surface area (Å²) in [5.74, 6) is 0.0350. The molecule has 2 rings (SSSR count). The zero-order valence-electron chi connectivity index (χ0n) is 9.84. The molecule has 0 heterocycles. The van der Waals surface area contributed by atoms with Crippen LogP contribution in [0.15, 0.2) is 60.7 Å². The Kier molecular flexibility index (Phi) is 4.32. The summed E-state index contributed by atoms with van der Waals surface area (Å²) >= 11 is 5.97. The van der Waals surface area contributed by atoms with E-state index in [0.29, 0.717) is 17.0 Å². The first-order valence-electron chi connectivity index (χ1n) is 5.76. The molecule has 0 N–H and O–H groups in total. The summed E-state index contributed by atoms with van der Waals surface area (Å²) in [6.45, 7) is 0. The van der Waals surface area contributed by atoms with Crippen molar-refractivity contribution in [2.75, 3.05) is 0 Å². The molecule has 0 aliphatic carbocycles. The third-order valence-electron chi connectivity index (χ3n) is 2.59. The van der Waals surface area contributed by atoms with Crippen molar-refractivity contribution in [2.45, 2.75) is 6.42 Å². The largest absolute Gasteiger partial charge is 0.294 e. The third-order valence-corrected chi connectivity index (χ3v) is 2.92. The van der Waals surface area contributed by atoms with E-state index in [0.717, 1.165) is 5.56 Å². The van der Waals surface area contributed by atoms with Crippen molar-refractivity contribution < 1.29 is 4.79 Å². The van der Waals surface area contributed by atoms with Gasteiger partial charge in [-0.2, -0.15) is 0 Å². The Morgan fingerprint density at radius 3 is 2.39 bits per heavy atom. The molecule has 0 aliphatic rings. The summed E-state index contributed by atoms with van der Waals surface area (Å²) in [6, 6.07) is 17.0.